The third-order valence-corrected chi connectivity index (χ3v) is 6.27. The summed E-state index contributed by atoms with van der Waals surface area (Å²) in [6, 6.07) is 1.58. The van der Waals surface area contributed by atoms with Crippen molar-refractivity contribution in [3.8, 4) is 0 Å². The topological polar surface area (TPSA) is 59.7 Å². The van der Waals surface area contributed by atoms with Crippen LogP contribution < -0.4 is 10.5 Å². The highest BCUT2D eigenvalue weighted by Crippen LogP contribution is 2.28. The van der Waals surface area contributed by atoms with Gasteiger partial charge in [0.15, 0.2) is 0 Å². The van der Waals surface area contributed by atoms with Gasteiger partial charge in [0.25, 0.3) is 5.56 Å². The molecule has 1 saturated carbocycles. The number of rotatable bonds is 4. The Morgan fingerprint density at radius 3 is 2.60 bits per heavy atom. The standard InChI is InChI=1S/C18H26N4O2S/c1-2-13-12-16(23)22-17(19-13)25-18(20-22)21-10-8-15(9-11-21)24-14-6-4-3-5-7-14/h12,14-15H,2-11H2,1H3. The van der Waals surface area contributed by atoms with Crippen molar-refractivity contribution < 1.29 is 4.74 Å². The highest BCUT2D eigenvalue weighted by molar-refractivity contribution is 7.20. The molecule has 0 radical (unpaired) electrons. The Bertz CT molecular complexity index is 773. The van der Waals surface area contributed by atoms with Gasteiger partial charge in [-0.15, -0.1) is 5.10 Å². The summed E-state index contributed by atoms with van der Waals surface area (Å²) in [6.45, 7) is 3.89. The van der Waals surface area contributed by atoms with Crippen LogP contribution in [0.2, 0.25) is 0 Å². The lowest BCUT2D eigenvalue weighted by Gasteiger charge is -2.34. The summed E-state index contributed by atoms with van der Waals surface area (Å²) in [7, 11) is 0. The van der Waals surface area contributed by atoms with Crippen molar-refractivity contribution >= 4 is 21.4 Å². The summed E-state index contributed by atoms with van der Waals surface area (Å²) < 4.78 is 7.75. The second-order valence-electron chi connectivity index (χ2n) is 7.10. The Kier molecular flexibility index (Phi) is 5.03. The van der Waals surface area contributed by atoms with Crippen LogP contribution in [0, 0.1) is 0 Å². The largest absolute Gasteiger partial charge is 0.375 e. The van der Waals surface area contributed by atoms with E-state index < -0.39 is 0 Å². The van der Waals surface area contributed by atoms with Gasteiger partial charge in [0.05, 0.1) is 12.2 Å². The predicted octanol–water partition coefficient (Wildman–Crippen LogP) is 3.03. The van der Waals surface area contributed by atoms with Gasteiger partial charge in [-0.1, -0.05) is 37.5 Å². The average molecular weight is 362 g/mol. The fraction of sp³-hybridized carbons (Fsp3) is 0.722. The Morgan fingerprint density at radius 1 is 1.16 bits per heavy atom. The Morgan fingerprint density at radius 2 is 1.88 bits per heavy atom. The smallest absolute Gasteiger partial charge is 0.275 e. The molecule has 136 valence electrons. The summed E-state index contributed by atoms with van der Waals surface area (Å²) in [5.74, 6) is 0. The molecule has 0 amide bonds. The number of aromatic nitrogens is 3. The van der Waals surface area contributed by atoms with E-state index in [1.807, 2.05) is 6.92 Å². The van der Waals surface area contributed by atoms with Crippen LogP contribution >= 0.6 is 11.3 Å². The number of anilines is 1. The van der Waals surface area contributed by atoms with Gasteiger partial charge >= 0.3 is 0 Å². The molecule has 1 saturated heterocycles. The number of hydrogen-bond acceptors (Lipinski definition) is 6. The zero-order chi connectivity index (χ0) is 17.2. The van der Waals surface area contributed by atoms with Crippen molar-refractivity contribution in [3.63, 3.8) is 0 Å². The third kappa shape index (κ3) is 3.72. The van der Waals surface area contributed by atoms with Crippen molar-refractivity contribution in [1.29, 1.82) is 0 Å². The molecule has 0 atom stereocenters. The first kappa shape index (κ1) is 17.0. The maximum Gasteiger partial charge on any atom is 0.275 e. The lowest BCUT2D eigenvalue weighted by atomic mass is 9.97. The second kappa shape index (κ2) is 7.41. The number of ether oxygens (including phenoxy) is 1. The van der Waals surface area contributed by atoms with E-state index in [9.17, 15) is 4.79 Å². The van der Waals surface area contributed by atoms with E-state index in [4.69, 9.17) is 4.74 Å². The number of nitrogens with zero attached hydrogens (tertiary/aromatic N) is 4. The minimum atomic E-state index is -0.0835. The molecule has 6 nitrogen and oxygen atoms in total. The first-order valence-electron chi connectivity index (χ1n) is 9.53. The Hall–Kier alpha value is -1.47. The molecule has 2 aliphatic rings. The molecule has 2 aromatic heterocycles. The molecule has 0 spiro atoms. The average Bonchev–Trinajstić information content (AvgIpc) is 3.08. The van der Waals surface area contributed by atoms with Crippen LogP contribution in [0.4, 0.5) is 5.13 Å². The van der Waals surface area contributed by atoms with Crippen LogP contribution in [-0.4, -0.2) is 39.9 Å². The SMILES string of the molecule is CCc1cc(=O)n2nc(N3CCC(OC4CCCCC4)CC3)sc2n1. The number of fused-ring (bicyclic) bond motifs is 1. The quantitative estimate of drug-likeness (QED) is 0.837. The molecule has 25 heavy (non-hydrogen) atoms. The van der Waals surface area contributed by atoms with Gasteiger partial charge in [0.1, 0.15) is 0 Å². The molecule has 0 unspecified atom stereocenters. The van der Waals surface area contributed by atoms with E-state index in [-0.39, 0.29) is 5.56 Å². The summed E-state index contributed by atoms with van der Waals surface area (Å²) >= 11 is 1.51. The molecule has 2 aromatic rings. The maximum atomic E-state index is 12.2. The van der Waals surface area contributed by atoms with Crippen LogP contribution in [0.3, 0.4) is 0 Å². The first-order valence-corrected chi connectivity index (χ1v) is 10.3. The van der Waals surface area contributed by atoms with Gasteiger partial charge < -0.3 is 9.64 Å². The zero-order valence-electron chi connectivity index (χ0n) is 14.8. The van der Waals surface area contributed by atoms with E-state index in [1.54, 1.807) is 6.07 Å². The van der Waals surface area contributed by atoms with E-state index in [2.05, 4.69) is 15.0 Å². The number of piperidine rings is 1. The third-order valence-electron chi connectivity index (χ3n) is 5.30. The van der Waals surface area contributed by atoms with E-state index in [0.29, 0.717) is 17.2 Å². The molecule has 1 aliphatic heterocycles. The molecule has 0 bridgehead atoms. The lowest BCUT2D eigenvalue weighted by molar-refractivity contribution is -0.0395. The molecule has 3 heterocycles. The zero-order valence-corrected chi connectivity index (χ0v) is 15.6. The molecule has 0 aromatic carbocycles. The fourth-order valence-corrected chi connectivity index (χ4v) is 4.79. The molecule has 7 heteroatoms. The van der Waals surface area contributed by atoms with Crippen LogP contribution in [-0.2, 0) is 11.2 Å². The monoisotopic (exact) mass is 362 g/mol. The van der Waals surface area contributed by atoms with Crippen LogP contribution in [0.25, 0.3) is 4.96 Å². The molecule has 0 N–H and O–H groups in total. The van der Waals surface area contributed by atoms with E-state index in [1.165, 1.54) is 48.0 Å². The summed E-state index contributed by atoms with van der Waals surface area (Å²) in [5, 5.41) is 5.39. The van der Waals surface area contributed by atoms with Gasteiger partial charge in [-0.05, 0) is 32.1 Å². The summed E-state index contributed by atoms with van der Waals surface area (Å²) in [6.07, 6.45) is 10.1. The molecular weight excluding hydrogens is 336 g/mol. The van der Waals surface area contributed by atoms with E-state index >= 15 is 0 Å². The van der Waals surface area contributed by atoms with Crippen LogP contribution in [0.15, 0.2) is 10.9 Å². The normalized spacial score (nSPS) is 20.4. The summed E-state index contributed by atoms with van der Waals surface area (Å²) in [5.41, 5.74) is 0.750. The highest BCUT2D eigenvalue weighted by Gasteiger charge is 2.25. The second-order valence-corrected chi connectivity index (χ2v) is 8.04. The van der Waals surface area contributed by atoms with Crippen LogP contribution in [0.1, 0.15) is 57.6 Å². The molecule has 2 fully saturated rings. The summed E-state index contributed by atoms with van der Waals surface area (Å²) in [4.78, 5) is 19.6. The van der Waals surface area contributed by atoms with Crippen molar-refractivity contribution in [3.05, 3.63) is 22.1 Å². The highest BCUT2D eigenvalue weighted by atomic mass is 32.1. The van der Waals surface area contributed by atoms with E-state index in [0.717, 1.165) is 43.2 Å². The Labute approximate surface area is 151 Å². The lowest BCUT2D eigenvalue weighted by Crippen LogP contribution is -2.39. The maximum absolute atomic E-state index is 12.2. The van der Waals surface area contributed by atoms with Crippen molar-refractivity contribution in [2.75, 3.05) is 18.0 Å². The molecule has 1 aliphatic carbocycles. The number of aryl methyl sites for hydroxylation is 1. The fourth-order valence-electron chi connectivity index (χ4n) is 3.81. The minimum Gasteiger partial charge on any atom is -0.375 e. The van der Waals surface area contributed by atoms with Gasteiger partial charge in [0, 0.05) is 24.8 Å². The van der Waals surface area contributed by atoms with Crippen molar-refractivity contribution in [2.45, 2.75) is 70.5 Å². The predicted molar refractivity (Wildman–Crippen MR) is 99.7 cm³/mol. The van der Waals surface area contributed by atoms with Gasteiger partial charge in [-0.3, -0.25) is 4.79 Å². The van der Waals surface area contributed by atoms with Crippen molar-refractivity contribution in [2.24, 2.45) is 0 Å². The van der Waals surface area contributed by atoms with Gasteiger partial charge in [-0.25, -0.2) is 4.98 Å². The Balaban J connectivity index is 1.41. The van der Waals surface area contributed by atoms with Crippen molar-refractivity contribution in [1.82, 2.24) is 14.6 Å². The number of hydrogen-bond donors (Lipinski definition) is 0. The molecular formula is C18H26N4O2S. The van der Waals surface area contributed by atoms with Crippen LogP contribution in [0.5, 0.6) is 0 Å². The molecule has 4 rings (SSSR count). The first-order chi connectivity index (χ1) is 12.2. The minimum absolute atomic E-state index is 0.0835. The van der Waals surface area contributed by atoms with Gasteiger partial charge in [0.2, 0.25) is 10.1 Å². The van der Waals surface area contributed by atoms with Gasteiger partial charge in [-0.2, -0.15) is 4.52 Å².